The number of rotatable bonds is 5. The Bertz CT molecular complexity index is 925. The number of allylic oxidation sites excluding steroid dienone is 1. The molecule has 0 aliphatic carbocycles. The molecule has 1 aromatic heterocycles. The van der Waals surface area contributed by atoms with Gasteiger partial charge in [-0.3, -0.25) is 9.79 Å². The van der Waals surface area contributed by atoms with Crippen LogP contribution < -0.4 is 0 Å². The molecule has 0 radical (unpaired) electrons. The summed E-state index contributed by atoms with van der Waals surface area (Å²) in [4.78, 5) is 33.5. The highest BCUT2D eigenvalue weighted by Crippen LogP contribution is 2.36. The summed E-state index contributed by atoms with van der Waals surface area (Å²) in [6, 6.07) is 8.44. The Balaban J connectivity index is 2.02. The van der Waals surface area contributed by atoms with Crippen molar-refractivity contribution in [2.45, 2.75) is 12.5 Å². The number of benzene rings is 1. The number of nitriles is 1. The lowest BCUT2D eigenvalue weighted by molar-refractivity contribution is 0.0519. The van der Waals surface area contributed by atoms with Crippen LogP contribution in [0.15, 0.2) is 46.8 Å². The van der Waals surface area contributed by atoms with Crippen LogP contribution in [0.5, 0.6) is 0 Å². The largest absolute Gasteiger partial charge is 0.461 e. The van der Waals surface area contributed by atoms with E-state index in [1.807, 2.05) is 6.07 Å². The monoisotopic (exact) mass is 351 g/mol. The maximum absolute atomic E-state index is 13.1. The Morgan fingerprint density at radius 1 is 1.40 bits per heavy atom. The van der Waals surface area contributed by atoms with Gasteiger partial charge in [0.05, 0.1) is 18.2 Å². The third-order valence-electron chi connectivity index (χ3n) is 3.62. The summed E-state index contributed by atoms with van der Waals surface area (Å²) in [5.74, 6) is -0.843. The number of thiazole rings is 1. The van der Waals surface area contributed by atoms with E-state index in [1.54, 1.807) is 42.7 Å². The van der Waals surface area contributed by atoms with Crippen molar-refractivity contribution >= 4 is 29.3 Å². The number of ketones is 1. The van der Waals surface area contributed by atoms with E-state index in [1.165, 1.54) is 23.6 Å². The van der Waals surface area contributed by atoms with Crippen LogP contribution >= 0.6 is 11.3 Å². The van der Waals surface area contributed by atoms with Crippen molar-refractivity contribution < 1.29 is 14.3 Å². The van der Waals surface area contributed by atoms with Gasteiger partial charge in [-0.2, -0.15) is 5.26 Å². The van der Waals surface area contributed by atoms with Crippen molar-refractivity contribution in [1.29, 1.82) is 5.26 Å². The van der Waals surface area contributed by atoms with Crippen molar-refractivity contribution in [3.8, 4) is 6.07 Å². The minimum Gasteiger partial charge on any atom is -0.461 e. The highest BCUT2D eigenvalue weighted by molar-refractivity contribution is 7.10. The van der Waals surface area contributed by atoms with E-state index in [-0.39, 0.29) is 18.1 Å². The standard InChI is InChI=1S/C18H13N3O3S/c1-2-24-16(23)14-11-25-17(21-14)18(7-4-8-20-18)15(22)13-6-3-5-12(9-13)10-19/h3-9,11H,2H2,1H3. The predicted molar refractivity (Wildman–Crippen MR) is 92.9 cm³/mol. The molecule has 0 bridgehead atoms. The summed E-state index contributed by atoms with van der Waals surface area (Å²) < 4.78 is 4.94. The lowest BCUT2D eigenvalue weighted by Gasteiger charge is -2.20. The first kappa shape index (κ1) is 16.7. The topological polar surface area (TPSA) is 92.4 Å². The van der Waals surface area contributed by atoms with E-state index < -0.39 is 11.5 Å². The number of carbonyl (C=O) groups excluding carboxylic acids is 2. The predicted octanol–water partition coefficient (Wildman–Crippen LogP) is 2.91. The van der Waals surface area contributed by atoms with Crippen molar-refractivity contribution in [1.82, 2.24) is 4.98 Å². The third-order valence-corrected chi connectivity index (χ3v) is 4.58. The third kappa shape index (κ3) is 2.99. The van der Waals surface area contributed by atoms with Crippen LogP contribution in [0.3, 0.4) is 0 Å². The Morgan fingerprint density at radius 2 is 2.24 bits per heavy atom. The zero-order valence-electron chi connectivity index (χ0n) is 13.3. The van der Waals surface area contributed by atoms with Crippen LogP contribution in [0.4, 0.5) is 0 Å². The van der Waals surface area contributed by atoms with E-state index in [4.69, 9.17) is 10.00 Å². The van der Waals surface area contributed by atoms with Gasteiger partial charge in [-0.15, -0.1) is 11.3 Å². The van der Waals surface area contributed by atoms with Crippen molar-refractivity contribution in [2.75, 3.05) is 6.61 Å². The molecule has 0 saturated carbocycles. The molecular weight excluding hydrogens is 338 g/mol. The van der Waals surface area contributed by atoms with Gasteiger partial charge < -0.3 is 4.74 Å². The molecule has 0 spiro atoms. The van der Waals surface area contributed by atoms with E-state index in [0.29, 0.717) is 16.1 Å². The van der Waals surface area contributed by atoms with Gasteiger partial charge in [-0.25, -0.2) is 9.78 Å². The Morgan fingerprint density at radius 3 is 2.92 bits per heavy atom. The summed E-state index contributed by atoms with van der Waals surface area (Å²) in [5, 5.41) is 11.0. The molecule has 0 saturated heterocycles. The first-order chi connectivity index (χ1) is 12.1. The summed E-state index contributed by atoms with van der Waals surface area (Å²) in [6.45, 7) is 1.96. The number of aromatic nitrogens is 1. The number of ether oxygens (including phenoxy) is 1. The fourth-order valence-corrected chi connectivity index (χ4v) is 3.36. The minimum atomic E-state index is -1.32. The van der Waals surface area contributed by atoms with Gasteiger partial charge in [-0.05, 0) is 31.2 Å². The highest BCUT2D eigenvalue weighted by Gasteiger charge is 2.42. The van der Waals surface area contributed by atoms with Gasteiger partial charge in [0, 0.05) is 17.2 Å². The maximum atomic E-state index is 13.1. The van der Waals surface area contributed by atoms with E-state index in [0.717, 1.165) is 0 Å². The van der Waals surface area contributed by atoms with Crippen LogP contribution in [-0.4, -0.2) is 29.6 Å². The molecule has 3 rings (SSSR count). The SMILES string of the molecule is CCOC(=O)c1csc(C2(C(=O)c3cccc(C#N)c3)C=CC=N2)n1. The summed E-state index contributed by atoms with van der Waals surface area (Å²) in [7, 11) is 0. The number of hydrogen-bond donors (Lipinski definition) is 0. The molecule has 25 heavy (non-hydrogen) atoms. The highest BCUT2D eigenvalue weighted by atomic mass is 32.1. The molecule has 7 heteroatoms. The molecule has 1 aromatic carbocycles. The maximum Gasteiger partial charge on any atom is 0.357 e. The Hall–Kier alpha value is -3.11. The molecule has 1 atom stereocenters. The molecule has 0 N–H and O–H groups in total. The second-order valence-electron chi connectivity index (χ2n) is 5.18. The molecule has 124 valence electrons. The number of nitrogens with zero attached hydrogens (tertiary/aromatic N) is 3. The van der Waals surface area contributed by atoms with Crippen LogP contribution in [0.25, 0.3) is 0 Å². The van der Waals surface area contributed by atoms with E-state index in [2.05, 4.69) is 9.98 Å². The first-order valence-corrected chi connectivity index (χ1v) is 8.40. The van der Waals surface area contributed by atoms with Gasteiger partial charge >= 0.3 is 5.97 Å². The van der Waals surface area contributed by atoms with E-state index >= 15 is 0 Å². The Kier molecular flexibility index (Phi) is 4.55. The molecule has 2 heterocycles. The molecule has 1 unspecified atom stereocenters. The van der Waals surface area contributed by atoms with Crippen LogP contribution in [0.1, 0.15) is 38.3 Å². The summed E-state index contributed by atoms with van der Waals surface area (Å²) >= 11 is 1.17. The molecule has 2 aromatic rings. The fraction of sp³-hybridized carbons (Fsp3) is 0.167. The quantitative estimate of drug-likeness (QED) is 0.610. The Labute approximate surface area is 148 Å². The molecule has 0 fully saturated rings. The average molecular weight is 351 g/mol. The fourth-order valence-electron chi connectivity index (χ4n) is 2.44. The van der Waals surface area contributed by atoms with Gasteiger partial charge in [0.2, 0.25) is 5.78 Å². The van der Waals surface area contributed by atoms with Gasteiger partial charge in [0.25, 0.3) is 0 Å². The van der Waals surface area contributed by atoms with E-state index in [9.17, 15) is 9.59 Å². The van der Waals surface area contributed by atoms with Crippen molar-refractivity contribution in [2.24, 2.45) is 4.99 Å². The summed E-state index contributed by atoms with van der Waals surface area (Å²) in [6.07, 6.45) is 4.83. The van der Waals surface area contributed by atoms with Gasteiger partial charge in [-0.1, -0.05) is 12.1 Å². The van der Waals surface area contributed by atoms with Crippen molar-refractivity contribution in [3.05, 3.63) is 63.6 Å². The average Bonchev–Trinajstić information content (AvgIpc) is 3.31. The van der Waals surface area contributed by atoms with Crippen LogP contribution in [0.2, 0.25) is 0 Å². The smallest absolute Gasteiger partial charge is 0.357 e. The van der Waals surface area contributed by atoms with Gasteiger partial charge in [0.15, 0.2) is 11.2 Å². The van der Waals surface area contributed by atoms with Crippen LogP contribution in [0, 0.1) is 11.3 Å². The number of Topliss-reactive ketones (excluding diaryl/α,β-unsaturated/α-hetero) is 1. The zero-order chi connectivity index (χ0) is 17.9. The van der Waals surface area contributed by atoms with Crippen molar-refractivity contribution in [3.63, 3.8) is 0 Å². The lowest BCUT2D eigenvalue weighted by Crippen LogP contribution is -2.31. The minimum absolute atomic E-state index is 0.148. The second-order valence-corrected chi connectivity index (χ2v) is 6.04. The van der Waals surface area contributed by atoms with Crippen LogP contribution in [-0.2, 0) is 10.3 Å². The molecular formula is C18H13N3O3S. The van der Waals surface area contributed by atoms with Gasteiger partial charge in [0.1, 0.15) is 5.01 Å². The first-order valence-electron chi connectivity index (χ1n) is 7.52. The molecule has 1 aliphatic heterocycles. The second kappa shape index (κ2) is 6.79. The molecule has 1 aliphatic rings. The number of esters is 1. The lowest BCUT2D eigenvalue weighted by atomic mass is 9.90. The normalized spacial score (nSPS) is 18.1. The molecule has 0 amide bonds. The molecule has 6 nitrogen and oxygen atoms in total. The summed E-state index contributed by atoms with van der Waals surface area (Å²) in [5.41, 5.74) is -0.423. The number of carbonyl (C=O) groups is 2. The zero-order valence-corrected chi connectivity index (χ0v) is 14.1. The number of aliphatic imine (C=N–C) groups is 1. The number of hydrogen-bond acceptors (Lipinski definition) is 7.